The van der Waals surface area contributed by atoms with Crippen LogP contribution in [-0.4, -0.2) is 15.5 Å². The Balaban J connectivity index is 1.66. The predicted molar refractivity (Wildman–Crippen MR) is 90.7 cm³/mol. The standard InChI is InChI=1S/C19H19N3O/c1-14-3-4-17(15(2)11-14)12-21-19(23)16-5-7-18(8-6-16)22-10-9-20-13-22/h3-11,13H,12H2,1-2H3,(H,21,23). The van der Waals surface area contributed by atoms with Crippen molar-refractivity contribution in [2.75, 3.05) is 0 Å². The van der Waals surface area contributed by atoms with Gasteiger partial charge in [0.1, 0.15) is 0 Å². The van der Waals surface area contributed by atoms with Gasteiger partial charge in [0, 0.05) is 30.2 Å². The van der Waals surface area contributed by atoms with E-state index in [1.54, 1.807) is 12.5 Å². The minimum atomic E-state index is -0.0674. The summed E-state index contributed by atoms with van der Waals surface area (Å²) in [6, 6.07) is 13.7. The second-order valence-electron chi connectivity index (χ2n) is 5.63. The van der Waals surface area contributed by atoms with E-state index < -0.39 is 0 Å². The largest absolute Gasteiger partial charge is 0.348 e. The van der Waals surface area contributed by atoms with Crippen LogP contribution in [0.4, 0.5) is 0 Å². The lowest BCUT2D eigenvalue weighted by atomic mass is 10.1. The van der Waals surface area contributed by atoms with Gasteiger partial charge >= 0.3 is 0 Å². The Kier molecular flexibility index (Phi) is 4.24. The van der Waals surface area contributed by atoms with Crippen LogP contribution >= 0.6 is 0 Å². The third-order valence-corrected chi connectivity index (χ3v) is 3.87. The van der Waals surface area contributed by atoms with Crippen molar-refractivity contribution in [1.82, 2.24) is 14.9 Å². The SMILES string of the molecule is Cc1ccc(CNC(=O)c2ccc(-n3ccnc3)cc2)c(C)c1. The Bertz CT molecular complexity index is 805. The van der Waals surface area contributed by atoms with Crippen LogP contribution in [0.2, 0.25) is 0 Å². The zero-order valence-electron chi connectivity index (χ0n) is 13.3. The second kappa shape index (κ2) is 6.48. The molecule has 0 unspecified atom stereocenters. The molecule has 1 N–H and O–H groups in total. The molecule has 1 heterocycles. The van der Waals surface area contributed by atoms with Crippen molar-refractivity contribution in [3.63, 3.8) is 0 Å². The number of hydrogen-bond donors (Lipinski definition) is 1. The number of rotatable bonds is 4. The summed E-state index contributed by atoms with van der Waals surface area (Å²) in [5.41, 5.74) is 5.19. The van der Waals surface area contributed by atoms with Crippen LogP contribution in [0.5, 0.6) is 0 Å². The van der Waals surface area contributed by atoms with Gasteiger partial charge < -0.3 is 9.88 Å². The number of carbonyl (C=O) groups is 1. The normalized spacial score (nSPS) is 10.5. The Morgan fingerprint density at radius 2 is 1.91 bits per heavy atom. The zero-order valence-corrected chi connectivity index (χ0v) is 13.3. The van der Waals surface area contributed by atoms with Crippen molar-refractivity contribution in [2.45, 2.75) is 20.4 Å². The molecule has 0 aliphatic carbocycles. The van der Waals surface area contributed by atoms with E-state index >= 15 is 0 Å². The van der Waals surface area contributed by atoms with E-state index in [-0.39, 0.29) is 5.91 Å². The fourth-order valence-electron chi connectivity index (χ4n) is 2.52. The van der Waals surface area contributed by atoms with Crippen LogP contribution in [0.15, 0.2) is 61.2 Å². The van der Waals surface area contributed by atoms with Gasteiger partial charge in [-0.1, -0.05) is 23.8 Å². The van der Waals surface area contributed by atoms with Crippen molar-refractivity contribution in [3.05, 3.63) is 83.4 Å². The molecule has 2 aromatic carbocycles. The van der Waals surface area contributed by atoms with Crippen LogP contribution in [0.1, 0.15) is 27.0 Å². The molecule has 0 saturated heterocycles. The number of aryl methyl sites for hydroxylation is 2. The third kappa shape index (κ3) is 3.48. The van der Waals surface area contributed by atoms with Crippen molar-refractivity contribution in [1.29, 1.82) is 0 Å². The summed E-state index contributed by atoms with van der Waals surface area (Å²) in [7, 11) is 0. The average molecular weight is 305 g/mol. The van der Waals surface area contributed by atoms with E-state index in [0.717, 1.165) is 11.3 Å². The number of amides is 1. The average Bonchev–Trinajstić information content (AvgIpc) is 3.08. The number of benzene rings is 2. The van der Waals surface area contributed by atoms with Crippen molar-refractivity contribution in [2.24, 2.45) is 0 Å². The number of aromatic nitrogens is 2. The fraction of sp³-hybridized carbons (Fsp3) is 0.158. The Morgan fingerprint density at radius 3 is 2.57 bits per heavy atom. The van der Waals surface area contributed by atoms with Gasteiger partial charge in [-0.25, -0.2) is 4.98 Å². The van der Waals surface area contributed by atoms with E-state index in [0.29, 0.717) is 12.1 Å². The lowest BCUT2D eigenvalue weighted by Crippen LogP contribution is -2.23. The van der Waals surface area contributed by atoms with Gasteiger partial charge in [-0.05, 0) is 49.2 Å². The molecule has 23 heavy (non-hydrogen) atoms. The number of hydrogen-bond acceptors (Lipinski definition) is 2. The molecule has 0 bridgehead atoms. The molecule has 0 spiro atoms. The molecule has 1 amide bonds. The van der Waals surface area contributed by atoms with Crippen molar-refractivity contribution < 1.29 is 4.79 Å². The van der Waals surface area contributed by atoms with Gasteiger partial charge in [0.2, 0.25) is 0 Å². The summed E-state index contributed by atoms with van der Waals surface area (Å²) in [4.78, 5) is 16.3. The van der Waals surface area contributed by atoms with Gasteiger partial charge in [-0.3, -0.25) is 4.79 Å². The minimum Gasteiger partial charge on any atom is -0.348 e. The Hall–Kier alpha value is -2.88. The molecule has 0 radical (unpaired) electrons. The van der Waals surface area contributed by atoms with Gasteiger partial charge in [0.25, 0.3) is 5.91 Å². The van der Waals surface area contributed by atoms with Crippen molar-refractivity contribution >= 4 is 5.91 Å². The molecule has 0 saturated carbocycles. The van der Waals surface area contributed by atoms with Crippen LogP contribution in [-0.2, 0) is 6.54 Å². The minimum absolute atomic E-state index is 0.0674. The maximum atomic E-state index is 12.3. The molecule has 3 rings (SSSR count). The topological polar surface area (TPSA) is 46.9 Å². The molecule has 116 valence electrons. The van der Waals surface area contributed by atoms with E-state index in [1.807, 2.05) is 35.0 Å². The molecule has 4 nitrogen and oxygen atoms in total. The van der Waals surface area contributed by atoms with Crippen molar-refractivity contribution in [3.8, 4) is 5.69 Å². The smallest absolute Gasteiger partial charge is 0.251 e. The summed E-state index contributed by atoms with van der Waals surface area (Å²) in [5, 5.41) is 2.97. The van der Waals surface area contributed by atoms with Gasteiger partial charge in [0.05, 0.1) is 6.33 Å². The molecule has 3 aromatic rings. The number of imidazole rings is 1. The number of nitrogens with zero attached hydrogens (tertiary/aromatic N) is 2. The quantitative estimate of drug-likeness (QED) is 0.803. The van der Waals surface area contributed by atoms with Gasteiger partial charge in [0.15, 0.2) is 0 Å². The lowest BCUT2D eigenvalue weighted by Gasteiger charge is -2.09. The maximum absolute atomic E-state index is 12.3. The fourth-order valence-corrected chi connectivity index (χ4v) is 2.52. The Morgan fingerprint density at radius 1 is 1.13 bits per heavy atom. The van der Waals surface area contributed by atoms with Crippen LogP contribution < -0.4 is 5.32 Å². The van der Waals surface area contributed by atoms with Gasteiger partial charge in [-0.2, -0.15) is 0 Å². The van der Waals surface area contributed by atoms with Crippen LogP contribution in [0, 0.1) is 13.8 Å². The van der Waals surface area contributed by atoms with E-state index in [4.69, 9.17) is 0 Å². The molecular formula is C19H19N3O. The number of nitrogens with one attached hydrogen (secondary N) is 1. The zero-order chi connectivity index (χ0) is 16.2. The Labute approximate surface area is 135 Å². The summed E-state index contributed by atoms with van der Waals surface area (Å²) in [6.07, 6.45) is 5.33. The highest BCUT2D eigenvalue weighted by Gasteiger charge is 2.07. The highest BCUT2D eigenvalue weighted by atomic mass is 16.1. The number of carbonyl (C=O) groups excluding carboxylic acids is 1. The third-order valence-electron chi connectivity index (χ3n) is 3.87. The monoisotopic (exact) mass is 305 g/mol. The molecule has 1 aromatic heterocycles. The van der Waals surface area contributed by atoms with Crippen LogP contribution in [0.3, 0.4) is 0 Å². The summed E-state index contributed by atoms with van der Waals surface area (Å²) in [5.74, 6) is -0.0674. The van der Waals surface area contributed by atoms with E-state index in [2.05, 4.69) is 42.3 Å². The predicted octanol–water partition coefficient (Wildman–Crippen LogP) is 3.42. The van der Waals surface area contributed by atoms with E-state index in [9.17, 15) is 4.79 Å². The maximum Gasteiger partial charge on any atom is 0.251 e. The second-order valence-corrected chi connectivity index (χ2v) is 5.63. The first-order chi connectivity index (χ1) is 11.1. The molecular weight excluding hydrogens is 286 g/mol. The molecule has 4 heteroatoms. The first-order valence-electron chi connectivity index (χ1n) is 7.56. The summed E-state index contributed by atoms with van der Waals surface area (Å²) < 4.78 is 1.90. The molecule has 0 atom stereocenters. The molecule has 0 fully saturated rings. The van der Waals surface area contributed by atoms with Crippen LogP contribution in [0.25, 0.3) is 5.69 Å². The first-order valence-corrected chi connectivity index (χ1v) is 7.56. The highest BCUT2D eigenvalue weighted by Crippen LogP contribution is 2.12. The highest BCUT2D eigenvalue weighted by molar-refractivity contribution is 5.94. The first kappa shape index (κ1) is 15.0. The molecule has 0 aliphatic heterocycles. The lowest BCUT2D eigenvalue weighted by molar-refractivity contribution is 0.0951. The van der Waals surface area contributed by atoms with E-state index in [1.165, 1.54) is 11.1 Å². The molecule has 0 aliphatic rings. The summed E-state index contributed by atoms with van der Waals surface area (Å²) in [6.45, 7) is 4.67. The van der Waals surface area contributed by atoms with Gasteiger partial charge in [-0.15, -0.1) is 0 Å². The summed E-state index contributed by atoms with van der Waals surface area (Å²) >= 11 is 0.